The van der Waals surface area contributed by atoms with Gasteiger partial charge in [-0.2, -0.15) is 0 Å². The van der Waals surface area contributed by atoms with Crippen molar-refractivity contribution in [3.8, 4) is 0 Å². The topological polar surface area (TPSA) is 72.3 Å². The summed E-state index contributed by atoms with van der Waals surface area (Å²) in [7, 11) is 1.72. The first-order valence-electron chi connectivity index (χ1n) is 9.12. The molecule has 0 unspecified atom stereocenters. The molecule has 1 N–H and O–H groups in total. The third-order valence-corrected chi connectivity index (χ3v) is 4.81. The highest BCUT2D eigenvalue weighted by atomic mass is 16.5. The zero-order valence-electron chi connectivity index (χ0n) is 15.3. The minimum absolute atomic E-state index is 0.0209. The predicted octanol–water partition coefficient (Wildman–Crippen LogP) is 1.64. The fourth-order valence-corrected chi connectivity index (χ4v) is 3.36. The number of hydrogen-bond acceptors (Lipinski definition) is 6. The van der Waals surface area contributed by atoms with Gasteiger partial charge in [-0.3, -0.25) is 14.7 Å². The number of rotatable bonds is 5. The van der Waals surface area contributed by atoms with Gasteiger partial charge in [0.1, 0.15) is 0 Å². The van der Waals surface area contributed by atoms with Crippen molar-refractivity contribution < 1.29 is 4.74 Å². The molecule has 1 aromatic carbocycles. The van der Waals surface area contributed by atoms with Gasteiger partial charge in [-0.1, -0.05) is 12.1 Å². The molecule has 1 saturated heterocycles. The molecule has 1 aliphatic rings. The van der Waals surface area contributed by atoms with E-state index in [0.29, 0.717) is 19.0 Å². The van der Waals surface area contributed by atoms with E-state index in [0.717, 1.165) is 30.5 Å². The van der Waals surface area contributed by atoms with Crippen LogP contribution in [0.25, 0.3) is 10.9 Å². The summed E-state index contributed by atoms with van der Waals surface area (Å²) in [4.78, 5) is 22.9. The first kappa shape index (κ1) is 17.6. The second-order valence-corrected chi connectivity index (χ2v) is 6.83. The molecule has 1 atom stereocenters. The second kappa shape index (κ2) is 7.85. The van der Waals surface area contributed by atoms with E-state index in [2.05, 4.69) is 44.5 Å². The molecule has 3 heterocycles. The molecule has 0 radical (unpaired) electrons. The van der Waals surface area contributed by atoms with Gasteiger partial charge in [0.2, 0.25) is 0 Å². The molecule has 0 amide bonds. The number of nitrogens with zero attached hydrogens (tertiary/aromatic N) is 4. The van der Waals surface area contributed by atoms with Gasteiger partial charge in [-0.25, -0.2) is 4.98 Å². The molecule has 27 heavy (non-hydrogen) atoms. The van der Waals surface area contributed by atoms with Crippen LogP contribution in [0, 0.1) is 0 Å². The number of pyridine rings is 1. The Kier molecular flexibility index (Phi) is 5.13. The van der Waals surface area contributed by atoms with E-state index in [1.54, 1.807) is 19.4 Å². The maximum absolute atomic E-state index is 12.0. The Bertz CT molecular complexity index is 987. The van der Waals surface area contributed by atoms with Crippen molar-refractivity contribution in [2.24, 2.45) is 7.05 Å². The SMILES string of the molecule is Cn1ccnc(NC[C@H]2CN(Cc3ccc4ncccc4c3)CCO2)c1=O. The highest BCUT2D eigenvalue weighted by molar-refractivity contribution is 5.78. The minimum atomic E-state index is -0.130. The number of fused-ring (bicyclic) bond motifs is 1. The first-order valence-corrected chi connectivity index (χ1v) is 9.12. The van der Waals surface area contributed by atoms with E-state index in [1.165, 1.54) is 10.1 Å². The lowest BCUT2D eigenvalue weighted by molar-refractivity contribution is -0.0240. The third kappa shape index (κ3) is 4.15. The van der Waals surface area contributed by atoms with Gasteiger partial charge in [-0.05, 0) is 23.8 Å². The van der Waals surface area contributed by atoms with Crippen LogP contribution in [0.2, 0.25) is 0 Å². The minimum Gasteiger partial charge on any atom is -0.374 e. The van der Waals surface area contributed by atoms with E-state index < -0.39 is 0 Å². The fraction of sp³-hybridized carbons (Fsp3) is 0.350. The van der Waals surface area contributed by atoms with Crippen molar-refractivity contribution in [3.63, 3.8) is 0 Å². The molecule has 140 valence electrons. The zero-order valence-corrected chi connectivity index (χ0v) is 15.3. The Hall–Kier alpha value is -2.77. The van der Waals surface area contributed by atoms with Crippen molar-refractivity contribution in [1.82, 2.24) is 19.4 Å². The Morgan fingerprint density at radius 3 is 3.11 bits per heavy atom. The summed E-state index contributed by atoms with van der Waals surface area (Å²) in [5.74, 6) is 0.364. The van der Waals surface area contributed by atoms with Crippen molar-refractivity contribution >= 4 is 16.7 Å². The fourth-order valence-electron chi connectivity index (χ4n) is 3.36. The normalized spacial score (nSPS) is 17.9. The van der Waals surface area contributed by atoms with E-state index >= 15 is 0 Å². The lowest BCUT2D eigenvalue weighted by atomic mass is 10.1. The van der Waals surface area contributed by atoms with E-state index in [1.807, 2.05) is 12.3 Å². The molecule has 4 rings (SSSR count). The van der Waals surface area contributed by atoms with E-state index in [9.17, 15) is 4.79 Å². The van der Waals surface area contributed by atoms with Crippen molar-refractivity contribution in [1.29, 1.82) is 0 Å². The second-order valence-electron chi connectivity index (χ2n) is 6.83. The largest absolute Gasteiger partial charge is 0.374 e. The number of aromatic nitrogens is 3. The number of hydrogen-bond donors (Lipinski definition) is 1. The van der Waals surface area contributed by atoms with Gasteiger partial charge >= 0.3 is 0 Å². The number of benzene rings is 1. The summed E-state index contributed by atoms with van der Waals surface area (Å²) in [5, 5.41) is 4.29. The Morgan fingerprint density at radius 2 is 2.19 bits per heavy atom. The van der Waals surface area contributed by atoms with Crippen LogP contribution >= 0.6 is 0 Å². The summed E-state index contributed by atoms with van der Waals surface area (Å²) >= 11 is 0. The first-order chi connectivity index (χ1) is 13.2. The van der Waals surface area contributed by atoms with Crippen molar-refractivity contribution in [3.05, 3.63) is 64.8 Å². The van der Waals surface area contributed by atoms with Gasteiger partial charge in [0.15, 0.2) is 5.82 Å². The molecule has 2 aromatic heterocycles. The summed E-state index contributed by atoms with van der Waals surface area (Å²) in [6.07, 6.45) is 5.10. The van der Waals surface area contributed by atoms with Gasteiger partial charge in [0, 0.05) is 57.2 Å². The van der Waals surface area contributed by atoms with Crippen LogP contribution in [0.4, 0.5) is 5.82 Å². The predicted molar refractivity (Wildman–Crippen MR) is 105 cm³/mol. The van der Waals surface area contributed by atoms with Crippen molar-refractivity contribution in [2.75, 3.05) is 31.6 Å². The number of nitrogens with one attached hydrogen (secondary N) is 1. The molecule has 0 saturated carbocycles. The molecule has 1 fully saturated rings. The Balaban J connectivity index is 1.37. The van der Waals surface area contributed by atoms with E-state index in [4.69, 9.17) is 4.74 Å². The molecule has 7 heteroatoms. The van der Waals surface area contributed by atoms with E-state index in [-0.39, 0.29) is 11.7 Å². The molecular weight excluding hydrogens is 342 g/mol. The average molecular weight is 365 g/mol. The highest BCUT2D eigenvalue weighted by Gasteiger charge is 2.21. The zero-order chi connectivity index (χ0) is 18.6. The van der Waals surface area contributed by atoms with Crippen LogP contribution < -0.4 is 10.9 Å². The van der Waals surface area contributed by atoms with Crippen LogP contribution in [0.1, 0.15) is 5.56 Å². The third-order valence-electron chi connectivity index (χ3n) is 4.81. The molecular formula is C20H23N5O2. The van der Waals surface area contributed by atoms with Crippen LogP contribution in [-0.2, 0) is 18.3 Å². The van der Waals surface area contributed by atoms with Crippen molar-refractivity contribution in [2.45, 2.75) is 12.6 Å². The van der Waals surface area contributed by atoms with Gasteiger partial charge < -0.3 is 14.6 Å². The monoisotopic (exact) mass is 365 g/mol. The Morgan fingerprint density at radius 1 is 1.26 bits per heavy atom. The van der Waals surface area contributed by atoms with Gasteiger partial charge in [-0.15, -0.1) is 0 Å². The number of aryl methyl sites for hydroxylation is 1. The maximum Gasteiger partial charge on any atom is 0.293 e. The average Bonchev–Trinajstić information content (AvgIpc) is 2.69. The number of anilines is 1. The van der Waals surface area contributed by atoms with Crippen LogP contribution in [0.15, 0.2) is 53.7 Å². The van der Waals surface area contributed by atoms with Gasteiger partial charge in [0.05, 0.1) is 18.2 Å². The quantitative estimate of drug-likeness (QED) is 0.741. The molecule has 3 aromatic rings. The number of ether oxygens (including phenoxy) is 1. The lowest BCUT2D eigenvalue weighted by Gasteiger charge is -2.33. The maximum atomic E-state index is 12.0. The molecule has 7 nitrogen and oxygen atoms in total. The standard InChI is InChI=1S/C20H23N5O2/c1-24-8-7-22-19(20(24)26)23-12-17-14-25(9-10-27-17)13-15-4-5-18-16(11-15)3-2-6-21-18/h2-8,11,17H,9-10,12-14H2,1H3,(H,22,23)/t17-/m0/s1. The van der Waals surface area contributed by atoms with Gasteiger partial charge in [0.25, 0.3) is 5.56 Å². The smallest absolute Gasteiger partial charge is 0.293 e. The van der Waals surface area contributed by atoms with Crippen LogP contribution in [0.5, 0.6) is 0 Å². The van der Waals surface area contributed by atoms with Crippen LogP contribution in [-0.4, -0.2) is 51.8 Å². The summed E-state index contributed by atoms with van der Waals surface area (Å²) in [5.41, 5.74) is 2.15. The summed E-state index contributed by atoms with van der Waals surface area (Å²) in [6, 6.07) is 10.5. The lowest BCUT2D eigenvalue weighted by Crippen LogP contribution is -2.45. The molecule has 1 aliphatic heterocycles. The van der Waals surface area contributed by atoms with Crippen LogP contribution in [0.3, 0.4) is 0 Å². The summed E-state index contributed by atoms with van der Waals surface area (Å²) < 4.78 is 7.37. The summed E-state index contributed by atoms with van der Waals surface area (Å²) in [6.45, 7) is 3.82. The molecule has 0 bridgehead atoms. The molecule has 0 spiro atoms. The molecule has 0 aliphatic carbocycles. The Labute approximate surface area is 157 Å². The number of morpholine rings is 1. The highest BCUT2D eigenvalue weighted by Crippen LogP contribution is 2.16.